The van der Waals surface area contributed by atoms with Gasteiger partial charge in [-0.3, -0.25) is 18.6 Å². The molecule has 362 valence electrons. The number of carbonyl (C=O) groups excluding carboxylic acids is 2. The summed E-state index contributed by atoms with van der Waals surface area (Å²) in [5.74, 6) is -1.22. The lowest BCUT2D eigenvalue weighted by Gasteiger charge is -2.41. The summed E-state index contributed by atoms with van der Waals surface area (Å²) in [4.78, 5) is 35.7. The van der Waals surface area contributed by atoms with E-state index < -0.39 is 75.7 Å². The topological polar surface area (TPSA) is 210 Å². The van der Waals surface area contributed by atoms with Crippen LogP contribution in [0.4, 0.5) is 0 Å². The van der Waals surface area contributed by atoms with Gasteiger partial charge in [-0.15, -0.1) is 0 Å². The molecule has 0 aromatic rings. The van der Waals surface area contributed by atoms with Crippen molar-refractivity contribution in [1.29, 1.82) is 0 Å². The van der Waals surface area contributed by atoms with Crippen molar-refractivity contribution in [3.05, 3.63) is 72.9 Å². The molecule has 1 rings (SSSR count). The van der Waals surface area contributed by atoms with Gasteiger partial charge in [0.15, 0.2) is 6.10 Å². The van der Waals surface area contributed by atoms with Crippen LogP contribution in [0.15, 0.2) is 72.9 Å². The molecule has 0 aromatic carbocycles. The third kappa shape index (κ3) is 31.0. The molecule has 0 bridgehead atoms. The van der Waals surface area contributed by atoms with Crippen molar-refractivity contribution in [2.45, 2.75) is 211 Å². The summed E-state index contributed by atoms with van der Waals surface area (Å²) in [6, 6.07) is 0. The molecule has 0 spiro atoms. The molecule has 0 aliphatic heterocycles. The normalized spacial score (nSPS) is 22.3. The number of hydrogen-bond donors (Lipinski definition) is 6. The highest BCUT2D eigenvalue weighted by molar-refractivity contribution is 7.47. The number of hydrogen-bond acceptors (Lipinski definition) is 12. The van der Waals surface area contributed by atoms with E-state index in [2.05, 4.69) is 68.5 Å². The number of allylic oxidation sites excluding steroid dienone is 12. The van der Waals surface area contributed by atoms with Gasteiger partial charge >= 0.3 is 19.8 Å². The van der Waals surface area contributed by atoms with E-state index >= 15 is 0 Å². The predicted molar refractivity (Wildman–Crippen MR) is 249 cm³/mol. The largest absolute Gasteiger partial charge is 0.472 e. The lowest BCUT2D eigenvalue weighted by molar-refractivity contribution is -0.220. The summed E-state index contributed by atoms with van der Waals surface area (Å²) < 4.78 is 33.4. The van der Waals surface area contributed by atoms with E-state index in [-0.39, 0.29) is 12.8 Å². The van der Waals surface area contributed by atoms with E-state index in [0.29, 0.717) is 25.7 Å². The number of phosphoric acid groups is 1. The number of aliphatic hydroxyl groups excluding tert-OH is 5. The maximum atomic E-state index is 12.8. The van der Waals surface area contributed by atoms with Crippen molar-refractivity contribution in [3.63, 3.8) is 0 Å². The molecule has 6 N–H and O–H groups in total. The van der Waals surface area contributed by atoms with E-state index in [4.69, 9.17) is 18.5 Å². The van der Waals surface area contributed by atoms with E-state index in [9.17, 15) is 44.6 Å². The Balaban J connectivity index is 2.53. The zero-order valence-corrected chi connectivity index (χ0v) is 39.2. The third-order valence-electron chi connectivity index (χ3n) is 10.5. The summed E-state index contributed by atoms with van der Waals surface area (Å²) in [5, 5.41) is 50.2. The molecule has 0 amide bonds. The SMILES string of the molecule is CCCCC/C=C/C/C=C/C/C=C/C/C=C/CCCC(=O)O[C@@H](COC(=O)CCC/C=C/C/C=C/CCCCCCCCCCC)COP(=O)(O)OC1C(O)C(O)C(O)[C@H](O)C1O. The maximum Gasteiger partial charge on any atom is 0.472 e. The van der Waals surface area contributed by atoms with Crippen molar-refractivity contribution in [2.75, 3.05) is 13.2 Å². The van der Waals surface area contributed by atoms with E-state index in [1.54, 1.807) is 0 Å². The van der Waals surface area contributed by atoms with E-state index in [1.807, 2.05) is 18.2 Å². The number of rotatable bonds is 38. The van der Waals surface area contributed by atoms with Crippen molar-refractivity contribution >= 4 is 19.8 Å². The van der Waals surface area contributed by atoms with Gasteiger partial charge in [-0.1, -0.05) is 151 Å². The second-order valence-electron chi connectivity index (χ2n) is 16.3. The Labute approximate surface area is 378 Å². The number of phosphoric ester groups is 1. The van der Waals surface area contributed by atoms with Gasteiger partial charge in [-0.2, -0.15) is 0 Å². The van der Waals surface area contributed by atoms with E-state index in [0.717, 1.165) is 38.5 Å². The van der Waals surface area contributed by atoms with Crippen LogP contribution in [0.2, 0.25) is 0 Å². The van der Waals surface area contributed by atoms with Crippen LogP contribution in [0, 0.1) is 0 Å². The van der Waals surface area contributed by atoms with Crippen molar-refractivity contribution in [1.82, 2.24) is 0 Å². The van der Waals surface area contributed by atoms with Crippen LogP contribution in [0.3, 0.4) is 0 Å². The van der Waals surface area contributed by atoms with Gasteiger partial charge in [0.05, 0.1) is 6.61 Å². The highest BCUT2D eigenvalue weighted by atomic mass is 31.2. The highest BCUT2D eigenvalue weighted by Gasteiger charge is 2.51. The minimum absolute atomic E-state index is 0.00902. The quantitative estimate of drug-likeness (QED) is 0.0148. The van der Waals surface area contributed by atoms with Gasteiger partial charge in [0.2, 0.25) is 0 Å². The van der Waals surface area contributed by atoms with Crippen LogP contribution in [0.5, 0.6) is 0 Å². The van der Waals surface area contributed by atoms with Crippen molar-refractivity contribution < 1.29 is 63.1 Å². The van der Waals surface area contributed by atoms with Crippen LogP contribution in [-0.2, 0) is 32.7 Å². The van der Waals surface area contributed by atoms with Crippen LogP contribution >= 0.6 is 7.82 Å². The molecule has 8 atom stereocenters. The Morgan fingerprint density at radius 1 is 0.492 bits per heavy atom. The Morgan fingerprint density at radius 2 is 0.857 bits per heavy atom. The first-order valence-electron chi connectivity index (χ1n) is 23.7. The smallest absolute Gasteiger partial charge is 0.462 e. The first kappa shape index (κ1) is 58.3. The van der Waals surface area contributed by atoms with Crippen molar-refractivity contribution in [3.8, 4) is 0 Å². The second-order valence-corrected chi connectivity index (χ2v) is 17.7. The number of unbranched alkanes of at least 4 members (excludes halogenated alkanes) is 14. The zero-order chi connectivity index (χ0) is 46.4. The summed E-state index contributed by atoms with van der Waals surface area (Å²) >= 11 is 0. The average molecular weight is 911 g/mol. The first-order valence-corrected chi connectivity index (χ1v) is 25.2. The summed E-state index contributed by atoms with van der Waals surface area (Å²) in [5.41, 5.74) is 0. The standard InChI is InChI=1S/C49H83O13P/c1-3-5-7-9-11-13-15-17-19-21-23-25-27-29-31-33-35-37-42(50)59-39-41(40-60-63(57,58)62-49-47(55)45(53)44(52)46(54)48(49)56)61-43(51)38-36-34-32-30-28-26-24-22-20-18-16-14-12-10-8-6-4-2/h12,14,18,20,23-26,29-32,41,44-49,52-56H,3-11,13,15-17,19,21-22,27-28,33-40H2,1-2H3,(H,57,58)/b14-12+,20-18+,25-23+,26-24+,31-29+,32-30+/t41-,44?,45-,46?,47?,48?,49?/m0/s1. The third-order valence-corrected chi connectivity index (χ3v) is 11.5. The molecule has 1 aliphatic rings. The Kier molecular flexibility index (Phi) is 35.7. The molecule has 1 fully saturated rings. The monoisotopic (exact) mass is 911 g/mol. The minimum Gasteiger partial charge on any atom is -0.462 e. The molecule has 6 unspecified atom stereocenters. The molecule has 63 heavy (non-hydrogen) atoms. The fourth-order valence-corrected chi connectivity index (χ4v) is 7.64. The fraction of sp³-hybridized carbons (Fsp3) is 0.714. The average Bonchev–Trinajstić information content (AvgIpc) is 3.26. The Morgan fingerprint density at radius 3 is 1.33 bits per heavy atom. The Hall–Kier alpha value is -2.71. The minimum atomic E-state index is -5.15. The predicted octanol–water partition coefficient (Wildman–Crippen LogP) is 9.50. The van der Waals surface area contributed by atoms with Crippen molar-refractivity contribution in [2.24, 2.45) is 0 Å². The first-order chi connectivity index (χ1) is 30.4. The zero-order valence-electron chi connectivity index (χ0n) is 38.3. The maximum absolute atomic E-state index is 12.8. The molecular weight excluding hydrogens is 828 g/mol. The summed E-state index contributed by atoms with van der Waals surface area (Å²) in [6.07, 6.45) is 35.4. The van der Waals surface area contributed by atoms with Crippen LogP contribution in [-0.4, -0.2) is 98.3 Å². The molecule has 0 heterocycles. The lowest BCUT2D eigenvalue weighted by Crippen LogP contribution is -2.64. The van der Waals surface area contributed by atoms with Gasteiger partial charge in [-0.25, -0.2) is 4.57 Å². The number of aliphatic hydroxyl groups is 5. The van der Waals surface area contributed by atoms with Crippen LogP contribution < -0.4 is 0 Å². The molecule has 13 nitrogen and oxygen atoms in total. The van der Waals surface area contributed by atoms with Crippen LogP contribution in [0.25, 0.3) is 0 Å². The molecule has 1 saturated carbocycles. The van der Waals surface area contributed by atoms with Gasteiger partial charge < -0.3 is 39.9 Å². The second kappa shape index (κ2) is 38.5. The molecule has 0 aromatic heterocycles. The van der Waals surface area contributed by atoms with Gasteiger partial charge in [0.25, 0.3) is 0 Å². The molecule has 0 radical (unpaired) electrons. The molecule has 1 aliphatic carbocycles. The molecular formula is C49H83O13P. The Bertz CT molecular complexity index is 1380. The number of esters is 2. The van der Waals surface area contributed by atoms with Gasteiger partial charge in [0, 0.05) is 12.8 Å². The van der Waals surface area contributed by atoms with Crippen LogP contribution in [0.1, 0.15) is 168 Å². The lowest BCUT2D eigenvalue weighted by atomic mass is 9.85. The molecule has 0 saturated heterocycles. The number of ether oxygens (including phenoxy) is 2. The fourth-order valence-electron chi connectivity index (χ4n) is 6.67. The number of carbonyl (C=O) groups is 2. The summed E-state index contributed by atoms with van der Waals surface area (Å²) in [7, 11) is -5.15. The molecule has 14 heteroatoms. The highest BCUT2D eigenvalue weighted by Crippen LogP contribution is 2.47. The van der Waals surface area contributed by atoms with E-state index in [1.165, 1.54) is 77.0 Å². The summed E-state index contributed by atoms with van der Waals surface area (Å²) in [6.45, 7) is 3.18. The van der Waals surface area contributed by atoms with Gasteiger partial charge in [0.1, 0.15) is 43.2 Å². The van der Waals surface area contributed by atoms with Gasteiger partial charge in [-0.05, 0) is 77.0 Å².